The zero-order chi connectivity index (χ0) is 22.7. The molecule has 0 radical (unpaired) electrons. The summed E-state index contributed by atoms with van der Waals surface area (Å²) in [5.74, 6) is 0.246. The second-order valence-corrected chi connectivity index (χ2v) is 7.94. The van der Waals surface area contributed by atoms with Gasteiger partial charge in [-0.15, -0.1) is 0 Å². The molecule has 0 aliphatic rings. The van der Waals surface area contributed by atoms with Crippen LogP contribution in [0.25, 0.3) is 16.6 Å². The third kappa shape index (κ3) is 4.77. The first kappa shape index (κ1) is 22.5. The van der Waals surface area contributed by atoms with Gasteiger partial charge in [-0.05, 0) is 37.3 Å². The standard InChI is InChI=1S/C23H25ClFN5O/c1-13(2)23-28-18-7-5-6-8-19(18)30(23)12-20(31)29-22(27-4)21(14(3)26)16-10-9-15(24)11-17(16)25/h5-11,13H,12,26H2,1-4H3,(H,27,29,31). The topological polar surface area (TPSA) is 85.3 Å². The molecule has 0 aliphatic carbocycles. The first-order chi connectivity index (χ1) is 14.7. The first-order valence-corrected chi connectivity index (χ1v) is 10.2. The fourth-order valence-corrected chi connectivity index (χ4v) is 3.62. The lowest BCUT2D eigenvalue weighted by molar-refractivity contribution is -0.120. The Balaban J connectivity index is 1.92. The number of imidazole rings is 1. The van der Waals surface area contributed by atoms with Crippen LogP contribution in [0.15, 0.2) is 53.2 Å². The molecule has 1 aromatic heterocycles. The summed E-state index contributed by atoms with van der Waals surface area (Å²) < 4.78 is 16.4. The van der Waals surface area contributed by atoms with Crippen LogP contribution >= 0.6 is 11.6 Å². The van der Waals surface area contributed by atoms with Crippen molar-refractivity contribution in [3.63, 3.8) is 0 Å². The average molecular weight is 442 g/mol. The van der Waals surface area contributed by atoms with Gasteiger partial charge in [0.05, 0.1) is 11.0 Å². The normalized spacial score (nSPS) is 12.9. The van der Waals surface area contributed by atoms with Crippen LogP contribution in [0.3, 0.4) is 0 Å². The van der Waals surface area contributed by atoms with E-state index in [1.807, 2.05) is 42.7 Å². The quantitative estimate of drug-likeness (QED) is 0.452. The van der Waals surface area contributed by atoms with E-state index in [1.54, 1.807) is 13.0 Å². The second-order valence-electron chi connectivity index (χ2n) is 7.50. The third-order valence-corrected chi connectivity index (χ3v) is 5.05. The average Bonchev–Trinajstić information content (AvgIpc) is 3.07. The number of benzene rings is 2. The van der Waals surface area contributed by atoms with Crippen molar-refractivity contribution in [3.8, 4) is 0 Å². The van der Waals surface area contributed by atoms with E-state index in [9.17, 15) is 9.18 Å². The summed E-state index contributed by atoms with van der Waals surface area (Å²) in [6, 6.07) is 11.9. The Labute approximate surface area is 185 Å². The molecule has 3 rings (SSSR count). The molecule has 1 amide bonds. The fraction of sp³-hybridized carbons (Fsp3) is 0.261. The predicted molar refractivity (Wildman–Crippen MR) is 124 cm³/mol. The zero-order valence-corrected chi connectivity index (χ0v) is 18.7. The molecule has 0 saturated carbocycles. The minimum Gasteiger partial charge on any atom is -0.402 e. The first-order valence-electron chi connectivity index (χ1n) is 9.86. The van der Waals surface area contributed by atoms with Crippen molar-refractivity contribution in [2.75, 3.05) is 7.05 Å². The maximum atomic E-state index is 14.6. The van der Waals surface area contributed by atoms with Crippen molar-refractivity contribution in [2.45, 2.75) is 33.2 Å². The van der Waals surface area contributed by atoms with Crippen LogP contribution in [0.5, 0.6) is 0 Å². The van der Waals surface area contributed by atoms with Gasteiger partial charge in [0.1, 0.15) is 24.0 Å². The Hall–Kier alpha value is -3.19. The summed E-state index contributed by atoms with van der Waals surface area (Å²) in [4.78, 5) is 21.8. The van der Waals surface area contributed by atoms with E-state index in [0.29, 0.717) is 11.3 Å². The van der Waals surface area contributed by atoms with Gasteiger partial charge in [-0.2, -0.15) is 0 Å². The number of para-hydroxylation sites is 2. The summed E-state index contributed by atoms with van der Waals surface area (Å²) >= 11 is 5.87. The van der Waals surface area contributed by atoms with Crippen LogP contribution in [0.1, 0.15) is 38.1 Å². The number of rotatable bonds is 5. The van der Waals surface area contributed by atoms with Crippen LogP contribution < -0.4 is 11.1 Å². The van der Waals surface area contributed by atoms with Crippen LogP contribution in [0.2, 0.25) is 5.02 Å². The van der Waals surface area contributed by atoms with Gasteiger partial charge in [-0.1, -0.05) is 37.6 Å². The van der Waals surface area contributed by atoms with E-state index < -0.39 is 5.82 Å². The number of nitrogens with one attached hydrogen (secondary N) is 1. The molecule has 0 aliphatic heterocycles. The van der Waals surface area contributed by atoms with Crippen LogP contribution in [0.4, 0.5) is 4.39 Å². The number of nitrogens with two attached hydrogens (primary N) is 1. The van der Waals surface area contributed by atoms with Crippen molar-refractivity contribution in [1.82, 2.24) is 14.9 Å². The molecule has 0 unspecified atom stereocenters. The molecule has 6 nitrogen and oxygen atoms in total. The number of hydrogen-bond acceptors (Lipinski definition) is 4. The number of hydrogen-bond donors (Lipinski definition) is 2. The van der Waals surface area contributed by atoms with E-state index in [2.05, 4.69) is 15.3 Å². The maximum Gasteiger partial charge on any atom is 0.245 e. The monoisotopic (exact) mass is 441 g/mol. The van der Waals surface area contributed by atoms with Gasteiger partial charge in [0.25, 0.3) is 0 Å². The number of aromatic nitrogens is 2. The van der Waals surface area contributed by atoms with Gasteiger partial charge in [-0.25, -0.2) is 9.37 Å². The molecule has 3 N–H and O–H groups in total. The van der Waals surface area contributed by atoms with Gasteiger partial charge in [0.15, 0.2) is 0 Å². The summed E-state index contributed by atoms with van der Waals surface area (Å²) in [6.07, 6.45) is 0. The molecule has 0 saturated heterocycles. The third-order valence-electron chi connectivity index (χ3n) is 4.82. The van der Waals surface area contributed by atoms with Crippen molar-refractivity contribution in [3.05, 3.63) is 70.4 Å². The highest BCUT2D eigenvalue weighted by atomic mass is 35.5. The van der Waals surface area contributed by atoms with Crippen molar-refractivity contribution < 1.29 is 9.18 Å². The minimum absolute atomic E-state index is 0.0348. The maximum absolute atomic E-state index is 14.6. The second kappa shape index (κ2) is 9.31. The number of halogens is 2. The summed E-state index contributed by atoms with van der Waals surface area (Å²) in [7, 11) is 1.51. The van der Waals surface area contributed by atoms with Crippen LogP contribution in [-0.4, -0.2) is 28.3 Å². The number of carbonyl (C=O) groups excluding carboxylic acids is 1. The molecule has 0 bridgehead atoms. The Bertz CT molecular complexity index is 1190. The smallest absolute Gasteiger partial charge is 0.245 e. The van der Waals surface area contributed by atoms with E-state index in [4.69, 9.17) is 17.3 Å². The Morgan fingerprint density at radius 3 is 2.61 bits per heavy atom. The molecule has 3 aromatic rings. The molecule has 31 heavy (non-hydrogen) atoms. The van der Waals surface area contributed by atoms with Gasteiger partial charge in [-0.3, -0.25) is 9.79 Å². The molecule has 0 spiro atoms. The van der Waals surface area contributed by atoms with Crippen molar-refractivity contribution in [1.29, 1.82) is 0 Å². The van der Waals surface area contributed by atoms with Gasteiger partial charge >= 0.3 is 0 Å². The van der Waals surface area contributed by atoms with Gasteiger partial charge in [0, 0.05) is 34.8 Å². The number of amides is 1. The summed E-state index contributed by atoms with van der Waals surface area (Å²) in [5.41, 5.74) is 8.56. The molecule has 8 heteroatoms. The number of fused-ring (bicyclic) bond motifs is 1. The van der Waals surface area contributed by atoms with Crippen LogP contribution in [-0.2, 0) is 11.3 Å². The molecule has 162 valence electrons. The molecule has 1 heterocycles. The molecule has 0 fully saturated rings. The number of amidine groups is 1. The number of allylic oxidation sites excluding steroid dienone is 1. The van der Waals surface area contributed by atoms with Gasteiger partial charge in [0.2, 0.25) is 5.91 Å². The lowest BCUT2D eigenvalue weighted by Gasteiger charge is -2.16. The fourth-order valence-electron chi connectivity index (χ4n) is 3.47. The van der Waals surface area contributed by atoms with Crippen molar-refractivity contribution in [2.24, 2.45) is 10.7 Å². The highest BCUT2D eigenvalue weighted by Crippen LogP contribution is 2.25. The number of aliphatic imine (C=N–C) groups is 1. The molecule has 0 atom stereocenters. The zero-order valence-electron chi connectivity index (χ0n) is 17.9. The molecular formula is C23H25ClFN5O. The lowest BCUT2D eigenvalue weighted by Crippen LogP contribution is -2.35. The highest BCUT2D eigenvalue weighted by Gasteiger charge is 2.20. The number of carbonyl (C=O) groups is 1. The Morgan fingerprint density at radius 1 is 1.29 bits per heavy atom. The Kier molecular flexibility index (Phi) is 6.75. The van der Waals surface area contributed by atoms with Crippen LogP contribution in [0, 0.1) is 5.82 Å². The van der Waals surface area contributed by atoms with E-state index in [-0.39, 0.29) is 34.8 Å². The van der Waals surface area contributed by atoms with E-state index >= 15 is 0 Å². The largest absolute Gasteiger partial charge is 0.402 e. The van der Waals surface area contributed by atoms with Gasteiger partial charge < -0.3 is 15.6 Å². The van der Waals surface area contributed by atoms with E-state index in [1.165, 1.54) is 19.2 Å². The predicted octanol–water partition coefficient (Wildman–Crippen LogP) is 4.49. The van der Waals surface area contributed by atoms with E-state index in [0.717, 1.165) is 16.9 Å². The minimum atomic E-state index is -0.551. The Morgan fingerprint density at radius 2 is 2.00 bits per heavy atom. The number of nitrogens with zero attached hydrogens (tertiary/aromatic N) is 3. The summed E-state index contributed by atoms with van der Waals surface area (Å²) in [6.45, 7) is 5.71. The lowest BCUT2D eigenvalue weighted by atomic mass is 10.0. The highest BCUT2D eigenvalue weighted by molar-refractivity contribution is 6.31. The molecule has 2 aromatic carbocycles. The SMILES string of the molecule is CN=C(NC(=O)Cn1c(C(C)C)nc2ccccc21)C(=C(C)N)c1ccc(Cl)cc1F. The summed E-state index contributed by atoms with van der Waals surface area (Å²) in [5, 5.41) is 3.05. The van der Waals surface area contributed by atoms with Crippen molar-refractivity contribution >= 4 is 40.0 Å². The molecular weight excluding hydrogens is 417 g/mol.